The fourth-order valence-electron chi connectivity index (χ4n) is 5.07. The molecule has 5 nitrogen and oxygen atoms in total. The number of aromatic amines is 1. The first-order valence-corrected chi connectivity index (χ1v) is 9.68. The van der Waals surface area contributed by atoms with Crippen LogP contribution in [0, 0.1) is 18.8 Å². The van der Waals surface area contributed by atoms with Crippen molar-refractivity contribution in [3.05, 3.63) is 47.0 Å². The highest BCUT2D eigenvalue weighted by Gasteiger charge is 2.53. The minimum Gasteiger partial charge on any atom is -0.383 e. The predicted molar refractivity (Wildman–Crippen MR) is 102 cm³/mol. The number of aliphatic hydroxyl groups is 1. The third-order valence-corrected chi connectivity index (χ3v) is 6.31. The summed E-state index contributed by atoms with van der Waals surface area (Å²) in [5, 5.41) is 19.0. The summed E-state index contributed by atoms with van der Waals surface area (Å²) in [6.45, 7) is 11.6. The van der Waals surface area contributed by atoms with Crippen molar-refractivity contribution >= 4 is 0 Å². The molecule has 2 aromatic rings. The van der Waals surface area contributed by atoms with Crippen LogP contribution in [-0.2, 0) is 17.6 Å². The number of aromatic nitrogens is 3. The third kappa shape index (κ3) is 2.87. The first-order chi connectivity index (χ1) is 12.3. The highest BCUT2D eigenvalue weighted by Crippen LogP contribution is 2.50. The Hall–Kier alpha value is -1.72. The molecule has 0 unspecified atom stereocenters. The Morgan fingerprint density at radius 3 is 2.88 bits per heavy atom. The quantitative estimate of drug-likeness (QED) is 0.889. The SMILES string of the molecule is Cc1cccnc1[C@]1(O)CC[C@H]2CN(Cc3cn[nH]c3C(C)(C)C)C[C@H]21. The molecule has 2 N–H and O–H groups in total. The van der Waals surface area contributed by atoms with Crippen LogP contribution in [0.1, 0.15) is 56.1 Å². The second-order valence-corrected chi connectivity index (χ2v) is 9.21. The van der Waals surface area contributed by atoms with Gasteiger partial charge in [-0.15, -0.1) is 0 Å². The van der Waals surface area contributed by atoms with E-state index < -0.39 is 5.60 Å². The Balaban J connectivity index is 1.54. The van der Waals surface area contributed by atoms with E-state index in [0.717, 1.165) is 43.7 Å². The van der Waals surface area contributed by atoms with Gasteiger partial charge in [0, 0.05) is 48.4 Å². The van der Waals surface area contributed by atoms with Gasteiger partial charge in [-0.25, -0.2) is 0 Å². The summed E-state index contributed by atoms with van der Waals surface area (Å²) in [5.74, 6) is 0.812. The second-order valence-electron chi connectivity index (χ2n) is 9.21. The van der Waals surface area contributed by atoms with Gasteiger partial charge in [0.15, 0.2) is 0 Å². The van der Waals surface area contributed by atoms with Crippen LogP contribution >= 0.6 is 0 Å². The van der Waals surface area contributed by atoms with Gasteiger partial charge in [-0.2, -0.15) is 5.10 Å². The molecule has 0 amide bonds. The van der Waals surface area contributed by atoms with Gasteiger partial charge in [0.25, 0.3) is 0 Å². The van der Waals surface area contributed by atoms with E-state index in [-0.39, 0.29) is 11.3 Å². The first-order valence-electron chi connectivity index (χ1n) is 9.68. The maximum Gasteiger partial charge on any atom is 0.111 e. The summed E-state index contributed by atoms with van der Waals surface area (Å²) < 4.78 is 0. The molecule has 5 heteroatoms. The van der Waals surface area contributed by atoms with Crippen molar-refractivity contribution in [2.75, 3.05) is 13.1 Å². The van der Waals surface area contributed by atoms with Crippen LogP contribution in [0.25, 0.3) is 0 Å². The number of pyridine rings is 1. The van der Waals surface area contributed by atoms with Crippen LogP contribution in [0.5, 0.6) is 0 Å². The van der Waals surface area contributed by atoms with E-state index in [1.807, 2.05) is 12.3 Å². The van der Waals surface area contributed by atoms with Gasteiger partial charge in [0.05, 0.1) is 11.9 Å². The molecule has 0 radical (unpaired) electrons. The molecule has 4 rings (SSSR count). The standard InChI is InChI=1S/C21H30N4O/c1-14-6-5-9-22-18(14)21(26)8-7-15-11-25(13-17(15)21)12-16-10-23-24-19(16)20(2,3)4/h5-6,9-10,15,17,26H,7-8,11-13H2,1-4H3,(H,23,24)/t15-,17+,21-/m0/s1. The molecule has 1 saturated heterocycles. The Morgan fingerprint density at radius 2 is 2.15 bits per heavy atom. The van der Waals surface area contributed by atoms with Gasteiger partial charge in [-0.3, -0.25) is 15.0 Å². The van der Waals surface area contributed by atoms with Crippen molar-refractivity contribution in [3.8, 4) is 0 Å². The second kappa shape index (κ2) is 6.17. The van der Waals surface area contributed by atoms with E-state index in [1.165, 1.54) is 11.3 Å². The molecule has 2 aromatic heterocycles. The summed E-state index contributed by atoms with van der Waals surface area (Å²) in [5.41, 5.74) is 3.74. The van der Waals surface area contributed by atoms with Crippen LogP contribution in [-0.4, -0.2) is 38.3 Å². The fourth-order valence-corrected chi connectivity index (χ4v) is 5.07. The molecule has 3 heterocycles. The van der Waals surface area contributed by atoms with Gasteiger partial charge in [0.2, 0.25) is 0 Å². The molecule has 0 spiro atoms. The maximum absolute atomic E-state index is 11.5. The summed E-state index contributed by atoms with van der Waals surface area (Å²) in [6, 6.07) is 4.00. The van der Waals surface area contributed by atoms with E-state index in [2.05, 4.69) is 53.8 Å². The predicted octanol–water partition coefficient (Wildman–Crippen LogP) is 3.14. The Bertz CT molecular complexity index is 793. The number of nitrogens with zero attached hydrogens (tertiary/aromatic N) is 3. The maximum atomic E-state index is 11.5. The zero-order valence-corrected chi connectivity index (χ0v) is 16.3. The molecule has 2 aliphatic rings. The average molecular weight is 354 g/mol. The molecule has 1 saturated carbocycles. The topological polar surface area (TPSA) is 65.0 Å². The van der Waals surface area contributed by atoms with Gasteiger partial charge < -0.3 is 5.11 Å². The van der Waals surface area contributed by atoms with E-state index >= 15 is 0 Å². The van der Waals surface area contributed by atoms with Crippen LogP contribution in [0.3, 0.4) is 0 Å². The van der Waals surface area contributed by atoms with Gasteiger partial charge in [-0.05, 0) is 37.3 Å². The van der Waals surface area contributed by atoms with Crippen LogP contribution in [0.2, 0.25) is 0 Å². The molecule has 0 bridgehead atoms. The van der Waals surface area contributed by atoms with E-state index in [1.54, 1.807) is 6.20 Å². The molecular weight excluding hydrogens is 324 g/mol. The fraction of sp³-hybridized carbons (Fsp3) is 0.619. The average Bonchev–Trinajstić information content (AvgIpc) is 3.26. The molecule has 1 aliphatic heterocycles. The number of hydrogen-bond donors (Lipinski definition) is 2. The van der Waals surface area contributed by atoms with Crippen molar-refractivity contribution in [2.24, 2.45) is 11.8 Å². The number of hydrogen-bond acceptors (Lipinski definition) is 4. The minimum atomic E-state index is -0.784. The minimum absolute atomic E-state index is 0.0627. The molecule has 140 valence electrons. The number of aryl methyl sites for hydroxylation is 1. The van der Waals surface area contributed by atoms with Crippen LogP contribution in [0.15, 0.2) is 24.5 Å². The lowest BCUT2D eigenvalue weighted by Crippen LogP contribution is -2.36. The van der Waals surface area contributed by atoms with Gasteiger partial charge in [0.1, 0.15) is 5.60 Å². The third-order valence-electron chi connectivity index (χ3n) is 6.31. The van der Waals surface area contributed by atoms with Gasteiger partial charge >= 0.3 is 0 Å². The molecule has 1 aliphatic carbocycles. The summed E-state index contributed by atoms with van der Waals surface area (Å²) in [7, 11) is 0. The van der Waals surface area contributed by atoms with Crippen LogP contribution in [0.4, 0.5) is 0 Å². The number of fused-ring (bicyclic) bond motifs is 1. The van der Waals surface area contributed by atoms with E-state index in [9.17, 15) is 5.11 Å². The Morgan fingerprint density at radius 1 is 1.35 bits per heavy atom. The number of likely N-dealkylation sites (tertiary alicyclic amines) is 1. The van der Waals surface area contributed by atoms with Crippen molar-refractivity contribution in [2.45, 2.75) is 58.1 Å². The first kappa shape index (κ1) is 17.7. The van der Waals surface area contributed by atoms with Crippen molar-refractivity contribution in [1.82, 2.24) is 20.1 Å². The summed E-state index contributed by atoms with van der Waals surface area (Å²) >= 11 is 0. The molecule has 2 fully saturated rings. The summed E-state index contributed by atoms with van der Waals surface area (Å²) in [6.07, 6.45) is 5.67. The lowest BCUT2D eigenvalue weighted by Gasteiger charge is -2.31. The van der Waals surface area contributed by atoms with Crippen molar-refractivity contribution in [1.29, 1.82) is 0 Å². The van der Waals surface area contributed by atoms with E-state index in [4.69, 9.17) is 0 Å². The number of rotatable bonds is 3. The summed E-state index contributed by atoms with van der Waals surface area (Å²) in [4.78, 5) is 7.04. The molecule has 26 heavy (non-hydrogen) atoms. The lowest BCUT2D eigenvalue weighted by atomic mass is 9.83. The van der Waals surface area contributed by atoms with Gasteiger partial charge in [-0.1, -0.05) is 26.8 Å². The Labute approximate surface area is 155 Å². The normalized spacial score (nSPS) is 29.3. The monoisotopic (exact) mass is 354 g/mol. The molecular formula is C21H30N4O. The van der Waals surface area contributed by atoms with Crippen LogP contribution < -0.4 is 0 Å². The molecule has 3 atom stereocenters. The Kier molecular flexibility index (Phi) is 4.20. The largest absolute Gasteiger partial charge is 0.383 e. The zero-order chi connectivity index (χ0) is 18.5. The number of H-pyrrole nitrogens is 1. The van der Waals surface area contributed by atoms with Crippen molar-refractivity contribution < 1.29 is 5.11 Å². The van der Waals surface area contributed by atoms with E-state index in [0.29, 0.717) is 5.92 Å². The number of nitrogens with one attached hydrogen (secondary N) is 1. The zero-order valence-electron chi connectivity index (χ0n) is 16.3. The highest BCUT2D eigenvalue weighted by atomic mass is 16.3. The lowest BCUT2D eigenvalue weighted by molar-refractivity contribution is -0.0114. The smallest absolute Gasteiger partial charge is 0.111 e. The molecule has 0 aromatic carbocycles. The highest BCUT2D eigenvalue weighted by molar-refractivity contribution is 5.28. The van der Waals surface area contributed by atoms with Crippen molar-refractivity contribution in [3.63, 3.8) is 0 Å².